The number of carbonyl (C=O) groups is 1. The van der Waals surface area contributed by atoms with Gasteiger partial charge >= 0.3 is 0 Å². The van der Waals surface area contributed by atoms with Crippen LogP contribution in [-0.2, 0) is 14.8 Å². The van der Waals surface area contributed by atoms with Crippen molar-refractivity contribution >= 4 is 27.2 Å². The number of allylic oxidation sites excluding steroid dienone is 1. The van der Waals surface area contributed by atoms with E-state index in [9.17, 15) is 13.2 Å². The van der Waals surface area contributed by atoms with Gasteiger partial charge in [-0.25, -0.2) is 8.42 Å². The van der Waals surface area contributed by atoms with Gasteiger partial charge in [-0.3, -0.25) is 9.10 Å². The summed E-state index contributed by atoms with van der Waals surface area (Å²) in [6.45, 7) is 8.67. The summed E-state index contributed by atoms with van der Waals surface area (Å²) >= 11 is 0. The molecule has 0 spiro atoms. The Balaban J connectivity index is 2.19. The summed E-state index contributed by atoms with van der Waals surface area (Å²) in [5, 5.41) is 0. The number of fused-ring (bicyclic) bond motifs is 1. The maximum Gasteiger partial charge on any atom is 0.270 e. The van der Waals surface area contributed by atoms with Crippen molar-refractivity contribution in [1.29, 1.82) is 0 Å². The molecule has 0 atom stereocenters. The van der Waals surface area contributed by atoms with E-state index >= 15 is 0 Å². The second-order valence-electron chi connectivity index (χ2n) is 7.48. The van der Waals surface area contributed by atoms with Gasteiger partial charge in [0.25, 0.3) is 15.9 Å². The molecule has 0 N–H and O–H groups in total. The van der Waals surface area contributed by atoms with Crippen LogP contribution < -0.4 is 13.8 Å². The molecule has 0 saturated carbocycles. The third kappa shape index (κ3) is 3.61. The number of nitrogens with zero attached hydrogens (tertiary/aromatic N) is 2. The van der Waals surface area contributed by atoms with Gasteiger partial charge in [0, 0.05) is 24.7 Å². The molecular weight excluding hydrogens is 392 g/mol. The van der Waals surface area contributed by atoms with Crippen LogP contribution in [0.25, 0.3) is 5.57 Å². The molecule has 0 bridgehead atoms. The Morgan fingerprint density at radius 3 is 2.34 bits per heavy atom. The van der Waals surface area contributed by atoms with E-state index in [0.717, 1.165) is 12.8 Å². The number of anilines is 1. The quantitative estimate of drug-likeness (QED) is 0.685. The summed E-state index contributed by atoms with van der Waals surface area (Å²) in [6.07, 6.45) is 3.25. The molecule has 158 valence electrons. The number of amides is 1. The lowest BCUT2D eigenvalue weighted by Gasteiger charge is -2.36. The smallest absolute Gasteiger partial charge is 0.270 e. The van der Waals surface area contributed by atoms with Gasteiger partial charge in [0.05, 0.1) is 26.5 Å². The van der Waals surface area contributed by atoms with Crippen molar-refractivity contribution in [2.75, 3.05) is 38.2 Å². The predicted molar refractivity (Wildman–Crippen MR) is 114 cm³/mol. The van der Waals surface area contributed by atoms with Crippen molar-refractivity contribution in [2.24, 2.45) is 5.92 Å². The molecule has 1 saturated heterocycles. The highest BCUT2D eigenvalue weighted by molar-refractivity contribution is 7.97. The van der Waals surface area contributed by atoms with Crippen LogP contribution in [0, 0.1) is 5.92 Å². The number of methoxy groups -OCH3 is 2. The molecule has 2 heterocycles. The van der Waals surface area contributed by atoms with E-state index in [2.05, 4.69) is 13.5 Å². The van der Waals surface area contributed by atoms with Crippen molar-refractivity contribution in [3.63, 3.8) is 0 Å². The summed E-state index contributed by atoms with van der Waals surface area (Å²) in [6, 6.07) is 3.35. The van der Waals surface area contributed by atoms with Crippen LogP contribution in [0.3, 0.4) is 0 Å². The first kappa shape index (κ1) is 21.2. The fourth-order valence-electron chi connectivity index (χ4n) is 3.87. The maximum atomic E-state index is 13.5. The lowest BCUT2D eigenvalue weighted by Crippen LogP contribution is -2.45. The molecular formula is C21H28N2O5S. The van der Waals surface area contributed by atoms with E-state index in [0.29, 0.717) is 47.3 Å². The fourth-order valence-corrected chi connectivity index (χ4v) is 5.65. The van der Waals surface area contributed by atoms with Crippen molar-refractivity contribution in [1.82, 2.24) is 4.90 Å². The van der Waals surface area contributed by atoms with E-state index in [4.69, 9.17) is 9.47 Å². The molecule has 1 aromatic carbocycles. The highest BCUT2D eigenvalue weighted by atomic mass is 32.2. The number of sulfonamides is 1. The number of hydrogen-bond acceptors (Lipinski definition) is 5. The fraction of sp³-hybridized carbons (Fsp3) is 0.476. The van der Waals surface area contributed by atoms with Crippen molar-refractivity contribution < 1.29 is 22.7 Å². The highest BCUT2D eigenvalue weighted by Gasteiger charge is 2.41. The zero-order valence-corrected chi connectivity index (χ0v) is 18.2. The van der Waals surface area contributed by atoms with Crippen LogP contribution in [0.15, 0.2) is 29.7 Å². The number of carbonyl (C=O) groups excluding carboxylic acids is 1. The van der Waals surface area contributed by atoms with Gasteiger partial charge < -0.3 is 14.4 Å². The molecule has 0 aliphatic carbocycles. The molecule has 3 rings (SSSR count). The molecule has 0 aromatic heterocycles. The number of likely N-dealkylation sites (tertiary alicyclic amines) is 1. The molecule has 2 aliphatic heterocycles. The van der Waals surface area contributed by atoms with Crippen LogP contribution in [0.1, 0.15) is 32.3 Å². The Kier molecular flexibility index (Phi) is 5.93. The first-order chi connectivity index (χ1) is 13.8. The maximum absolute atomic E-state index is 13.5. The summed E-state index contributed by atoms with van der Waals surface area (Å²) < 4.78 is 38.9. The summed E-state index contributed by atoms with van der Waals surface area (Å²) in [5.41, 5.74) is 1.50. The predicted octanol–water partition coefficient (Wildman–Crippen LogP) is 3.03. The Hall–Kier alpha value is -2.48. The van der Waals surface area contributed by atoms with Crippen molar-refractivity contribution in [3.8, 4) is 11.5 Å². The standard InChI is InChI=1S/C21H28N2O5S/c1-6-9-23-17-13-19(28-5)18(27-4)12-16(17)15(3)20(29(23,25)26)21(24)22-10-7-14(2)8-11-22/h6,12-14H,1,7-11H2,2-5H3. The molecule has 7 nitrogen and oxygen atoms in total. The molecule has 0 unspecified atom stereocenters. The molecule has 8 heteroatoms. The average molecular weight is 421 g/mol. The molecule has 1 fully saturated rings. The molecule has 29 heavy (non-hydrogen) atoms. The van der Waals surface area contributed by atoms with Crippen molar-refractivity contribution in [3.05, 3.63) is 35.3 Å². The number of ether oxygens (including phenoxy) is 2. The van der Waals surface area contributed by atoms with Crippen LogP contribution in [0.5, 0.6) is 11.5 Å². The number of hydrogen-bond donors (Lipinski definition) is 0. The zero-order valence-electron chi connectivity index (χ0n) is 17.4. The Labute approximate surface area is 172 Å². The van der Waals surface area contributed by atoms with Crippen molar-refractivity contribution in [2.45, 2.75) is 26.7 Å². The Morgan fingerprint density at radius 2 is 1.79 bits per heavy atom. The minimum atomic E-state index is -4.04. The first-order valence-electron chi connectivity index (χ1n) is 9.66. The highest BCUT2D eigenvalue weighted by Crippen LogP contribution is 2.45. The van der Waals surface area contributed by atoms with E-state index in [1.54, 1.807) is 24.0 Å². The van der Waals surface area contributed by atoms with Gasteiger partial charge in [-0.2, -0.15) is 0 Å². The summed E-state index contributed by atoms with van der Waals surface area (Å²) in [7, 11) is -1.03. The Morgan fingerprint density at radius 1 is 1.21 bits per heavy atom. The van der Waals surface area contributed by atoms with E-state index in [1.165, 1.54) is 24.6 Å². The Bertz CT molecular complexity index is 960. The van der Waals surface area contributed by atoms with Gasteiger partial charge in [-0.15, -0.1) is 6.58 Å². The van der Waals surface area contributed by atoms with Gasteiger partial charge in [-0.1, -0.05) is 13.0 Å². The van der Waals surface area contributed by atoms with E-state index < -0.39 is 15.9 Å². The van der Waals surface area contributed by atoms with Crippen LogP contribution >= 0.6 is 0 Å². The second kappa shape index (κ2) is 8.10. The number of rotatable bonds is 5. The van der Waals surface area contributed by atoms with Gasteiger partial charge in [-0.05, 0) is 37.3 Å². The third-order valence-electron chi connectivity index (χ3n) is 5.62. The van der Waals surface area contributed by atoms with Crippen LogP contribution in [0.4, 0.5) is 5.69 Å². The number of benzene rings is 1. The van der Waals surface area contributed by atoms with Crippen LogP contribution in [0.2, 0.25) is 0 Å². The average Bonchev–Trinajstić information content (AvgIpc) is 2.70. The molecule has 1 amide bonds. The van der Waals surface area contributed by atoms with Gasteiger partial charge in [0.15, 0.2) is 16.4 Å². The summed E-state index contributed by atoms with van der Waals surface area (Å²) in [5.74, 6) is 0.987. The van der Waals surface area contributed by atoms with E-state index in [-0.39, 0.29) is 11.4 Å². The van der Waals surface area contributed by atoms with E-state index in [1.807, 2.05) is 0 Å². The zero-order chi connectivity index (χ0) is 21.3. The topological polar surface area (TPSA) is 76.2 Å². The lowest BCUT2D eigenvalue weighted by molar-refractivity contribution is -0.127. The lowest BCUT2D eigenvalue weighted by atomic mass is 9.98. The second-order valence-corrected chi connectivity index (χ2v) is 9.28. The minimum absolute atomic E-state index is 0.0475. The van der Waals surface area contributed by atoms with Crippen LogP contribution in [-0.4, -0.2) is 53.1 Å². The number of piperidine rings is 1. The van der Waals surface area contributed by atoms with Gasteiger partial charge in [0.1, 0.15) is 0 Å². The molecule has 2 aliphatic rings. The first-order valence-corrected chi connectivity index (χ1v) is 11.1. The SMILES string of the molecule is C=CCN1c2cc(OC)c(OC)cc2C(C)=C(C(=O)N2CCC(C)CC2)S1(=O)=O. The molecule has 1 aromatic rings. The third-order valence-corrected chi connectivity index (χ3v) is 7.55. The summed E-state index contributed by atoms with van der Waals surface area (Å²) in [4.78, 5) is 14.8. The molecule has 0 radical (unpaired) electrons. The largest absolute Gasteiger partial charge is 0.493 e. The minimum Gasteiger partial charge on any atom is -0.493 e. The van der Waals surface area contributed by atoms with Gasteiger partial charge in [0.2, 0.25) is 0 Å². The normalized spacial score (nSPS) is 19.0. The monoisotopic (exact) mass is 420 g/mol.